The topological polar surface area (TPSA) is 55.1 Å². The third-order valence-electron chi connectivity index (χ3n) is 3.82. The van der Waals surface area contributed by atoms with E-state index >= 15 is 0 Å². The smallest absolute Gasteiger partial charge is 0.237 e. The summed E-state index contributed by atoms with van der Waals surface area (Å²) in [5.41, 5.74) is 5.83. The van der Waals surface area contributed by atoms with Crippen LogP contribution in [-0.2, 0) is 4.79 Å². The van der Waals surface area contributed by atoms with Crippen molar-refractivity contribution in [1.29, 1.82) is 0 Å². The Bertz CT molecular complexity index is 504. The minimum Gasteiger partial charge on any atom is -0.392 e. The first-order valence-electron chi connectivity index (χ1n) is 6.34. The normalized spacial score (nSPS) is 17.2. The number of nitrogens with one attached hydrogen (secondary N) is 1. The predicted octanol–water partition coefficient (Wildman–Crippen LogP) is 2.92. The zero-order chi connectivity index (χ0) is 14.0. The monoisotopic (exact) mass is 280 g/mol. The van der Waals surface area contributed by atoms with Gasteiger partial charge in [-0.3, -0.25) is 4.79 Å². The van der Waals surface area contributed by atoms with Crippen molar-refractivity contribution >= 4 is 28.8 Å². The van der Waals surface area contributed by atoms with Crippen LogP contribution in [0.5, 0.6) is 0 Å². The average molecular weight is 280 g/mol. The number of hydrogen-bond acceptors (Lipinski definition) is 2. The van der Waals surface area contributed by atoms with Gasteiger partial charge in [-0.15, -0.1) is 0 Å². The van der Waals surface area contributed by atoms with Gasteiger partial charge < -0.3 is 11.1 Å². The Morgan fingerprint density at radius 1 is 1.42 bits per heavy atom. The molecule has 1 aromatic carbocycles. The third kappa shape index (κ3) is 2.47. The summed E-state index contributed by atoms with van der Waals surface area (Å²) in [4.78, 5) is 12.6. The summed E-state index contributed by atoms with van der Waals surface area (Å²) >= 11 is 5.05. The minimum absolute atomic E-state index is 0.205. The van der Waals surface area contributed by atoms with Crippen LogP contribution in [0.3, 0.4) is 0 Å². The molecule has 1 amide bonds. The van der Waals surface area contributed by atoms with Gasteiger partial charge >= 0.3 is 0 Å². The van der Waals surface area contributed by atoms with E-state index in [1.165, 1.54) is 6.07 Å². The molecule has 1 aliphatic carbocycles. The second-order valence-electron chi connectivity index (χ2n) is 5.04. The van der Waals surface area contributed by atoms with Gasteiger partial charge in [-0.05, 0) is 31.4 Å². The predicted molar refractivity (Wildman–Crippen MR) is 77.5 cm³/mol. The molecule has 0 unspecified atom stereocenters. The van der Waals surface area contributed by atoms with Gasteiger partial charge in [-0.25, -0.2) is 4.39 Å². The SMILES string of the molecule is Cc1cccc(F)c1NC(=O)C1(C(N)=S)CCCC1. The van der Waals surface area contributed by atoms with E-state index in [1.54, 1.807) is 19.1 Å². The number of anilines is 1. The van der Waals surface area contributed by atoms with E-state index in [0.717, 1.165) is 12.8 Å². The van der Waals surface area contributed by atoms with Crippen molar-refractivity contribution in [3.8, 4) is 0 Å². The maximum absolute atomic E-state index is 13.7. The molecule has 1 aliphatic rings. The zero-order valence-corrected chi connectivity index (χ0v) is 11.6. The molecule has 0 radical (unpaired) electrons. The van der Waals surface area contributed by atoms with Crippen LogP contribution in [0, 0.1) is 18.2 Å². The highest BCUT2D eigenvalue weighted by Crippen LogP contribution is 2.39. The number of thiocarbonyl (C=S) groups is 1. The largest absolute Gasteiger partial charge is 0.392 e. The summed E-state index contributed by atoms with van der Waals surface area (Å²) in [7, 11) is 0. The summed E-state index contributed by atoms with van der Waals surface area (Å²) in [6, 6.07) is 4.69. The van der Waals surface area contributed by atoms with E-state index in [4.69, 9.17) is 18.0 Å². The van der Waals surface area contributed by atoms with E-state index in [1.807, 2.05) is 0 Å². The third-order valence-corrected chi connectivity index (χ3v) is 4.21. The number of para-hydroxylation sites is 1. The van der Waals surface area contributed by atoms with Gasteiger partial charge in [-0.1, -0.05) is 37.2 Å². The number of rotatable bonds is 3. The van der Waals surface area contributed by atoms with Crippen molar-refractivity contribution in [3.63, 3.8) is 0 Å². The number of hydrogen-bond donors (Lipinski definition) is 2. The summed E-state index contributed by atoms with van der Waals surface area (Å²) in [5.74, 6) is -0.727. The van der Waals surface area contributed by atoms with Crippen molar-refractivity contribution in [2.45, 2.75) is 32.6 Å². The molecule has 1 fully saturated rings. The summed E-state index contributed by atoms with van der Waals surface area (Å²) in [6.45, 7) is 1.75. The maximum atomic E-state index is 13.7. The molecule has 0 atom stereocenters. The highest BCUT2D eigenvalue weighted by Gasteiger charge is 2.44. The summed E-state index contributed by atoms with van der Waals surface area (Å²) in [6.07, 6.45) is 3.12. The molecule has 3 N–H and O–H groups in total. The molecule has 102 valence electrons. The lowest BCUT2D eigenvalue weighted by atomic mass is 9.85. The quantitative estimate of drug-likeness (QED) is 0.837. The van der Waals surface area contributed by atoms with Crippen LogP contribution in [0.15, 0.2) is 18.2 Å². The van der Waals surface area contributed by atoms with Crippen LogP contribution in [0.25, 0.3) is 0 Å². The number of halogens is 1. The Morgan fingerprint density at radius 3 is 2.58 bits per heavy atom. The average Bonchev–Trinajstić information content (AvgIpc) is 2.84. The second kappa shape index (κ2) is 5.25. The van der Waals surface area contributed by atoms with Gasteiger partial charge in [0.1, 0.15) is 5.82 Å². The molecule has 0 bridgehead atoms. The molecular formula is C14H17FN2OS. The molecule has 1 saturated carbocycles. The van der Waals surface area contributed by atoms with E-state index < -0.39 is 11.2 Å². The molecule has 2 rings (SSSR count). The highest BCUT2D eigenvalue weighted by molar-refractivity contribution is 7.80. The first-order valence-corrected chi connectivity index (χ1v) is 6.75. The number of nitrogens with two attached hydrogens (primary N) is 1. The Kier molecular flexibility index (Phi) is 3.85. The lowest BCUT2D eigenvalue weighted by Gasteiger charge is -2.26. The lowest BCUT2D eigenvalue weighted by molar-refractivity contribution is -0.122. The van der Waals surface area contributed by atoms with Crippen LogP contribution in [0.4, 0.5) is 10.1 Å². The Balaban J connectivity index is 2.28. The van der Waals surface area contributed by atoms with Crippen LogP contribution in [-0.4, -0.2) is 10.9 Å². The highest BCUT2D eigenvalue weighted by atomic mass is 32.1. The molecule has 0 spiro atoms. The van der Waals surface area contributed by atoms with Gasteiger partial charge in [0.25, 0.3) is 0 Å². The van der Waals surface area contributed by atoms with Crippen molar-refractivity contribution in [1.82, 2.24) is 0 Å². The first kappa shape index (κ1) is 13.9. The Morgan fingerprint density at radius 2 is 2.05 bits per heavy atom. The van der Waals surface area contributed by atoms with E-state index in [-0.39, 0.29) is 16.6 Å². The molecule has 1 aromatic rings. The fraction of sp³-hybridized carbons (Fsp3) is 0.429. The molecule has 0 aromatic heterocycles. The fourth-order valence-electron chi connectivity index (χ4n) is 2.59. The molecule has 0 heterocycles. The van der Waals surface area contributed by atoms with Crippen molar-refractivity contribution in [3.05, 3.63) is 29.6 Å². The van der Waals surface area contributed by atoms with E-state index in [2.05, 4.69) is 5.32 Å². The molecular weight excluding hydrogens is 263 g/mol. The number of carbonyl (C=O) groups is 1. The molecule has 19 heavy (non-hydrogen) atoms. The van der Waals surface area contributed by atoms with Gasteiger partial charge in [0.15, 0.2) is 0 Å². The van der Waals surface area contributed by atoms with Gasteiger partial charge in [0.05, 0.1) is 16.1 Å². The van der Waals surface area contributed by atoms with Crippen molar-refractivity contribution < 1.29 is 9.18 Å². The van der Waals surface area contributed by atoms with E-state index in [0.29, 0.717) is 18.4 Å². The van der Waals surface area contributed by atoms with E-state index in [9.17, 15) is 9.18 Å². The van der Waals surface area contributed by atoms with Crippen LogP contribution < -0.4 is 11.1 Å². The summed E-state index contributed by atoms with van der Waals surface area (Å²) < 4.78 is 13.7. The molecule has 3 nitrogen and oxygen atoms in total. The first-order chi connectivity index (χ1) is 8.97. The molecule has 5 heteroatoms. The zero-order valence-electron chi connectivity index (χ0n) is 10.8. The number of benzene rings is 1. The van der Waals surface area contributed by atoms with Crippen molar-refractivity contribution in [2.75, 3.05) is 5.32 Å². The summed E-state index contributed by atoms with van der Waals surface area (Å²) in [5, 5.41) is 2.66. The number of amides is 1. The maximum Gasteiger partial charge on any atom is 0.237 e. The number of carbonyl (C=O) groups excluding carboxylic acids is 1. The standard InChI is InChI=1S/C14H17FN2OS/c1-9-5-4-6-10(15)11(9)17-13(18)14(12(16)19)7-2-3-8-14/h4-6H,2-3,7-8H2,1H3,(H2,16,19)(H,17,18). The van der Waals surface area contributed by atoms with Crippen LogP contribution >= 0.6 is 12.2 Å². The minimum atomic E-state index is -0.815. The van der Waals surface area contributed by atoms with Crippen LogP contribution in [0.2, 0.25) is 0 Å². The fourth-order valence-corrected chi connectivity index (χ4v) is 2.88. The Hall–Kier alpha value is -1.49. The molecule has 0 saturated heterocycles. The number of aryl methyl sites for hydroxylation is 1. The van der Waals surface area contributed by atoms with Gasteiger partial charge in [-0.2, -0.15) is 0 Å². The van der Waals surface area contributed by atoms with Gasteiger partial charge in [0, 0.05) is 0 Å². The molecule has 0 aliphatic heterocycles. The van der Waals surface area contributed by atoms with Crippen molar-refractivity contribution in [2.24, 2.45) is 11.1 Å². The second-order valence-corrected chi connectivity index (χ2v) is 5.48. The Labute approximate surface area is 117 Å². The van der Waals surface area contributed by atoms with Gasteiger partial charge in [0.2, 0.25) is 5.91 Å². The lowest BCUT2D eigenvalue weighted by Crippen LogP contribution is -2.44. The van der Waals surface area contributed by atoms with Crippen LogP contribution in [0.1, 0.15) is 31.2 Å².